The zero-order chi connectivity index (χ0) is 27.8. The number of rotatable bonds is 6. The second-order valence-electron chi connectivity index (χ2n) is 10.7. The first-order valence-corrected chi connectivity index (χ1v) is 13.3. The summed E-state index contributed by atoms with van der Waals surface area (Å²) in [7, 11) is 3.03. The number of likely N-dealkylation sites (tertiary alicyclic amines) is 2. The zero-order valence-corrected chi connectivity index (χ0v) is 22.9. The predicted octanol–water partition coefficient (Wildman–Crippen LogP) is 2.99. The van der Waals surface area contributed by atoms with Crippen molar-refractivity contribution >= 4 is 12.3 Å². The lowest BCUT2D eigenvalue weighted by atomic mass is 9.99. The minimum absolute atomic E-state index is 0.0487. The van der Waals surface area contributed by atoms with E-state index in [0.29, 0.717) is 23.7 Å². The van der Waals surface area contributed by atoms with Crippen LogP contribution >= 0.6 is 0 Å². The number of carbonyl (C=O) groups is 2. The molecule has 3 N–H and O–H groups in total. The minimum Gasteiger partial charge on any atom is -0.481 e. The van der Waals surface area contributed by atoms with Crippen molar-refractivity contribution in [2.75, 3.05) is 40.3 Å². The highest BCUT2D eigenvalue weighted by molar-refractivity contribution is 5.94. The average molecular weight is 533 g/mol. The van der Waals surface area contributed by atoms with E-state index < -0.39 is 11.4 Å². The van der Waals surface area contributed by atoms with E-state index in [4.69, 9.17) is 9.53 Å². The lowest BCUT2D eigenvalue weighted by molar-refractivity contribution is -0.109. The first-order valence-electron chi connectivity index (χ1n) is 13.3. The quantitative estimate of drug-likeness (QED) is 0.489. The number of aliphatic hydroxyl groups is 1. The molecule has 0 atom stereocenters. The molecule has 1 aliphatic carbocycles. The van der Waals surface area contributed by atoms with Gasteiger partial charge in [-0.05, 0) is 77.9 Å². The molecule has 10 nitrogen and oxygen atoms in total. The second kappa shape index (κ2) is 13.1. The summed E-state index contributed by atoms with van der Waals surface area (Å²) in [6, 6.07) is 3.08. The molecule has 2 aromatic heterocycles. The third-order valence-electron chi connectivity index (χ3n) is 6.97. The molecule has 0 radical (unpaired) electrons. The van der Waals surface area contributed by atoms with Crippen LogP contribution in [0.15, 0.2) is 18.3 Å². The molecule has 5 rings (SSSR count). The summed E-state index contributed by atoms with van der Waals surface area (Å²) in [5.41, 5.74) is 0.583. The van der Waals surface area contributed by atoms with Crippen LogP contribution < -0.4 is 10.1 Å². The van der Waals surface area contributed by atoms with E-state index in [1.54, 1.807) is 13.1 Å². The molecule has 0 unspecified atom stereocenters. The number of β-amino-alcohol motifs (C(OH)–C–C–N with tert-alkyl or cyclic N) is 1. The highest BCUT2D eigenvalue weighted by atomic mass is 19.1. The number of ether oxygens (including phenoxy) is 1. The number of carbonyl (C=O) groups excluding carboxylic acids is 2. The number of H-pyrrole nitrogens is 1. The molecule has 4 heterocycles. The van der Waals surface area contributed by atoms with Crippen LogP contribution in [0.2, 0.25) is 0 Å². The van der Waals surface area contributed by atoms with Gasteiger partial charge in [0.05, 0.1) is 24.6 Å². The van der Waals surface area contributed by atoms with Crippen molar-refractivity contribution in [3.05, 3.63) is 29.8 Å². The van der Waals surface area contributed by atoms with Crippen molar-refractivity contribution in [2.24, 2.45) is 0 Å². The number of hydrogen-bond acceptors (Lipinski definition) is 7. The monoisotopic (exact) mass is 532 g/mol. The first kappa shape index (κ1) is 29.5. The summed E-state index contributed by atoms with van der Waals surface area (Å²) in [5, 5.41) is 18.6. The number of aromatic nitrogens is 3. The van der Waals surface area contributed by atoms with Crippen LogP contribution in [0, 0.1) is 5.82 Å². The molecule has 2 saturated heterocycles. The fourth-order valence-electron chi connectivity index (χ4n) is 5.01. The number of nitrogens with zero attached hydrogens (tertiary/aromatic N) is 4. The Bertz CT molecular complexity index is 1060. The van der Waals surface area contributed by atoms with Gasteiger partial charge in [-0.3, -0.25) is 14.7 Å². The molecule has 2 aromatic rings. The van der Waals surface area contributed by atoms with Crippen molar-refractivity contribution < 1.29 is 23.8 Å². The normalized spacial score (nSPS) is 18.1. The number of aromatic amines is 1. The molecule has 2 aliphatic heterocycles. The average Bonchev–Trinajstić information content (AvgIpc) is 3.26. The second-order valence-corrected chi connectivity index (χ2v) is 10.7. The molecule has 2 amide bonds. The van der Waals surface area contributed by atoms with E-state index in [0.717, 1.165) is 45.0 Å². The van der Waals surface area contributed by atoms with Crippen LogP contribution in [-0.4, -0.2) is 93.9 Å². The van der Waals surface area contributed by atoms with Gasteiger partial charge in [0.1, 0.15) is 5.69 Å². The van der Waals surface area contributed by atoms with Crippen LogP contribution in [0.5, 0.6) is 5.88 Å². The van der Waals surface area contributed by atoms with Crippen molar-refractivity contribution in [3.8, 4) is 17.1 Å². The molecule has 3 fully saturated rings. The molecule has 11 heteroatoms. The summed E-state index contributed by atoms with van der Waals surface area (Å²) in [5.74, 6) is -0.249. The highest BCUT2D eigenvalue weighted by Crippen LogP contribution is 2.48. The fourth-order valence-corrected chi connectivity index (χ4v) is 5.01. The maximum absolute atomic E-state index is 14.0. The van der Waals surface area contributed by atoms with Crippen molar-refractivity contribution in [1.82, 2.24) is 30.3 Å². The third-order valence-corrected chi connectivity index (χ3v) is 6.97. The van der Waals surface area contributed by atoms with Crippen molar-refractivity contribution in [2.45, 2.75) is 69.9 Å². The number of hydrogen-bond donors (Lipinski definition) is 3. The van der Waals surface area contributed by atoms with Crippen LogP contribution in [0.4, 0.5) is 4.39 Å². The van der Waals surface area contributed by atoms with Crippen LogP contribution in [0.25, 0.3) is 11.3 Å². The Kier molecular flexibility index (Phi) is 10.2. The van der Waals surface area contributed by atoms with E-state index in [1.165, 1.54) is 45.5 Å². The molecule has 210 valence electrons. The van der Waals surface area contributed by atoms with Crippen LogP contribution in [0.1, 0.15) is 69.3 Å². The number of piperidine rings is 1. The summed E-state index contributed by atoms with van der Waals surface area (Å²) < 4.78 is 19.0. The summed E-state index contributed by atoms with van der Waals surface area (Å²) in [4.78, 5) is 30.0. The highest BCUT2D eigenvalue weighted by Gasteiger charge is 2.51. The van der Waals surface area contributed by atoms with E-state index in [1.807, 2.05) is 18.7 Å². The third kappa shape index (κ3) is 7.97. The Morgan fingerprint density at radius 1 is 1.21 bits per heavy atom. The van der Waals surface area contributed by atoms with Crippen LogP contribution in [-0.2, 0) is 4.79 Å². The Hall–Kier alpha value is -3.05. The number of pyridine rings is 1. The zero-order valence-electron chi connectivity index (χ0n) is 22.9. The number of amides is 2. The van der Waals surface area contributed by atoms with Crippen LogP contribution in [0.3, 0.4) is 0 Å². The number of nitrogens with one attached hydrogen (secondary N) is 2. The smallest absolute Gasteiger partial charge is 0.272 e. The van der Waals surface area contributed by atoms with Crippen molar-refractivity contribution in [3.63, 3.8) is 0 Å². The maximum Gasteiger partial charge on any atom is 0.272 e. The number of halogens is 1. The van der Waals surface area contributed by atoms with Gasteiger partial charge in [-0.2, -0.15) is 5.10 Å². The molecule has 3 aliphatic rings. The predicted molar refractivity (Wildman–Crippen MR) is 142 cm³/mol. The summed E-state index contributed by atoms with van der Waals surface area (Å²) in [6.45, 7) is 7.68. The van der Waals surface area contributed by atoms with Crippen molar-refractivity contribution in [1.29, 1.82) is 0 Å². The van der Waals surface area contributed by atoms with Gasteiger partial charge in [0.15, 0.2) is 5.82 Å². The Morgan fingerprint density at radius 3 is 2.45 bits per heavy atom. The lowest BCUT2D eigenvalue weighted by Gasteiger charge is -2.35. The van der Waals surface area contributed by atoms with Gasteiger partial charge in [0.2, 0.25) is 12.3 Å². The van der Waals surface area contributed by atoms with Gasteiger partial charge in [-0.1, -0.05) is 0 Å². The SMILES string of the molecule is CC(C)(O)CN1CCCC1.CNC=O.COc1cc(-c2cc(C(=O)N3CCCCC34CC4)[nH]n2)c(F)cn1. The molecule has 0 aromatic carbocycles. The first-order chi connectivity index (χ1) is 18.1. The molecule has 1 saturated carbocycles. The minimum atomic E-state index is -0.510. The van der Waals surface area contributed by atoms with Gasteiger partial charge >= 0.3 is 0 Å². The standard InChI is InChI=1S/C17H19FN4O2.C8H17NO.C2H5NO/c1-24-15-8-11(12(18)10-19-15)13-9-14(21-20-13)16(23)22-7-3-2-4-17(22)5-6-17;1-8(2,10)7-9-5-3-4-6-9;1-3-2-4/h8-10H,2-7H2,1H3,(H,20,21);10H,3-7H2,1-2H3;2H,1H3,(H,3,4). The van der Waals surface area contributed by atoms with E-state index >= 15 is 0 Å². The molecule has 1 spiro atoms. The Labute approximate surface area is 223 Å². The fraction of sp³-hybridized carbons (Fsp3) is 0.630. The topological polar surface area (TPSA) is 124 Å². The van der Waals surface area contributed by atoms with Gasteiger partial charge < -0.3 is 25.0 Å². The largest absolute Gasteiger partial charge is 0.481 e. The van der Waals surface area contributed by atoms with E-state index in [9.17, 15) is 14.3 Å². The van der Waals surface area contributed by atoms with Gasteiger partial charge in [-0.15, -0.1) is 0 Å². The molecular weight excluding hydrogens is 491 g/mol. The van der Waals surface area contributed by atoms with Gasteiger partial charge in [0, 0.05) is 37.3 Å². The summed E-state index contributed by atoms with van der Waals surface area (Å²) >= 11 is 0. The van der Waals surface area contributed by atoms with Gasteiger partial charge in [0.25, 0.3) is 5.91 Å². The van der Waals surface area contributed by atoms with E-state index in [-0.39, 0.29) is 17.0 Å². The van der Waals surface area contributed by atoms with Gasteiger partial charge in [-0.25, -0.2) is 9.37 Å². The summed E-state index contributed by atoms with van der Waals surface area (Å²) in [6.07, 6.45) is 9.77. The molecule has 0 bridgehead atoms. The van der Waals surface area contributed by atoms with E-state index in [2.05, 4.69) is 25.4 Å². The Balaban J connectivity index is 0.000000237. The molecule has 38 heavy (non-hydrogen) atoms. The Morgan fingerprint density at radius 2 is 1.87 bits per heavy atom. The lowest BCUT2D eigenvalue weighted by Crippen LogP contribution is -2.45. The number of methoxy groups -OCH3 is 1. The maximum atomic E-state index is 14.0. The molecular formula is C27H41FN6O4.